The molecular formula is C22H23FN4O. The number of aromatic nitrogens is 3. The van der Waals surface area contributed by atoms with Crippen molar-refractivity contribution in [3.63, 3.8) is 0 Å². The Hall–Kier alpha value is -3.15. The predicted molar refractivity (Wildman–Crippen MR) is 106 cm³/mol. The lowest BCUT2D eigenvalue weighted by Gasteiger charge is -2.15. The number of carbonyl (C=O) groups excluding carboxylic acids is 1. The molecule has 0 bridgehead atoms. The van der Waals surface area contributed by atoms with Gasteiger partial charge in [0.05, 0.1) is 5.69 Å². The molecule has 1 atom stereocenters. The third-order valence-corrected chi connectivity index (χ3v) is 4.52. The lowest BCUT2D eigenvalue weighted by molar-refractivity contribution is 0.0827. The van der Waals surface area contributed by atoms with E-state index >= 15 is 0 Å². The molecule has 0 saturated heterocycles. The van der Waals surface area contributed by atoms with Crippen LogP contribution in [0.3, 0.4) is 0 Å². The van der Waals surface area contributed by atoms with Crippen molar-refractivity contribution in [2.24, 2.45) is 0 Å². The van der Waals surface area contributed by atoms with Gasteiger partial charge in [0.25, 0.3) is 5.91 Å². The zero-order valence-electron chi connectivity index (χ0n) is 16.3. The molecule has 3 aromatic rings. The fourth-order valence-corrected chi connectivity index (χ4v) is 3.06. The minimum atomic E-state index is -0.251. The van der Waals surface area contributed by atoms with Gasteiger partial charge in [0.1, 0.15) is 5.82 Å². The van der Waals surface area contributed by atoms with Crippen molar-refractivity contribution < 1.29 is 9.18 Å². The van der Waals surface area contributed by atoms with Gasteiger partial charge < -0.3 is 4.90 Å². The fourth-order valence-electron chi connectivity index (χ4n) is 3.06. The largest absolute Gasteiger partial charge is 0.345 e. The van der Waals surface area contributed by atoms with Crippen molar-refractivity contribution in [2.45, 2.75) is 25.7 Å². The van der Waals surface area contributed by atoms with Crippen molar-refractivity contribution in [3.8, 4) is 0 Å². The second kappa shape index (κ2) is 8.69. The smallest absolute Gasteiger partial charge is 0.253 e. The van der Waals surface area contributed by atoms with E-state index in [0.717, 1.165) is 22.6 Å². The Bertz CT molecular complexity index is 943. The summed E-state index contributed by atoms with van der Waals surface area (Å²) in [5.41, 5.74) is 4.02. The fraction of sp³-hybridized carbons (Fsp3) is 0.273. The van der Waals surface area contributed by atoms with E-state index in [-0.39, 0.29) is 17.6 Å². The molecule has 0 aliphatic heterocycles. The van der Waals surface area contributed by atoms with E-state index in [1.165, 1.54) is 12.1 Å². The van der Waals surface area contributed by atoms with E-state index in [1.54, 1.807) is 49.7 Å². The summed E-state index contributed by atoms with van der Waals surface area (Å²) in [6.07, 6.45) is 6.11. The van der Waals surface area contributed by atoms with Gasteiger partial charge >= 0.3 is 0 Å². The van der Waals surface area contributed by atoms with E-state index < -0.39 is 0 Å². The highest BCUT2D eigenvalue weighted by Gasteiger charge is 2.15. The van der Waals surface area contributed by atoms with Gasteiger partial charge in [-0.1, -0.05) is 19.1 Å². The first-order valence-electron chi connectivity index (χ1n) is 9.14. The summed E-state index contributed by atoms with van der Waals surface area (Å²) >= 11 is 0. The number of halogens is 1. The van der Waals surface area contributed by atoms with E-state index in [0.29, 0.717) is 18.4 Å². The third-order valence-electron chi connectivity index (χ3n) is 4.52. The van der Waals surface area contributed by atoms with Crippen LogP contribution in [-0.4, -0.2) is 39.9 Å². The molecule has 0 aliphatic rings. The van der Waals surface area contributed by atoms with Gasteiger partial charge in [-0.15, -0.1) is 0 Å². The van der Waals surface area contributed by atoms with Gasteiger partial charge in [-0.2, -0.15) is 0 Å². The van der Waals surface area contributed by atoms with Gasteiger partial charge in [0.2, 0.25) is 0 Å². The van der Waals surface area contributed by atoms with Gasteiger partial charge in [-0.25, -0.2) is 4.39 Å². The maximum atomic E-state index is 13.2. The normalized spacial score (nSPS) is 11.9. The third kappa shape index (κ3) is 4.97. The molecule has 2 aromatic heterocycles. The topological polar surface area (TPSA) is 59.0 Å². The van der Waals surface area contributed by atoms with Crippen LogP contribution >= 0.6 is 0 Å². The molecule has 1 aromatic carbocycles. The average molecular weight is 378 g/mol. The Balaban J connectivity index is 1.90. The Labute approximate surface area is 164 Å². The van der Waals surface area contributed by atoms with Crippen molar-refractivity contribution >= 4 is 5.91 Å². The minimum Gasteiger partial charge on any atom is -0.345 e. The van der Waals surface area contributed by atoms with Crippen LogP contribution in [-0.2, 0) is 12.8 Å². The van der Waals surface area contributed by atoms with Crippen LogP contribution in [0.25, 0.3) is 0 Å². The monoisotopic (exact) mass is 378 g/mol. The van der Waals surface area contributed by atoms with Crippen LogP contribution < -0.4 is 0 Å². The molecule has 2 heterocycles. The number of nitrogens with zero attached hydrogens (tertiary/aromatic N) is 4. The van der Waals surface area contributed by atoms with Gasteiger partial charge in [-0.3, -0.25) is 19.7 Å². The Morgan fingerprint density at radius 2 is 1.79 bits per heavy atom. The van der Waals surface area contributed by atoms with Crippen LogP contribution in [0.2, 0.25) is 0 Å². The zero-order chi connectivity index (χ0) is 20.1. The van der Waals surface area contributed by atoms with Crippen LogP contribution in [0.5, 0.6) is 0 Å². The first kappa shape index (κ1) is 19.6. The van der Waals surface area contributed by atoms with Gasteiger partial charge in [0.15, 0.2) is 0 Å². The van der Waals surface area contributed by atoms with E-state index in [1.807, 2.05) is 12.1 Å². The quantitative estimate of drug-likeness (QED) is 0.657. The zero-order valence-corrected chi connectivity index (χ0v) is 16.3. The summed E-state index contributed by atoms with van der Waals surface area (Å²) in [6, 6.07) is 10.1. The molecule has 144 valence electrons. The number of amides is 1. The summed E-state index contributed by atoms with van der Waals surface area (Å²) in [4.78, 5) is 27.2. The molecule has 0 radical (unpaired) electrons. The van der Waals surface area contributed by atoms with Crippen LogP contribution in [0.15, 0.2) is 55.0 Å². The highest BCUT2D eigenvalue weighted by molar-refractivity contribution is 5.94. The highest BCUT2D eigenvalue weighted by Crippen LogP contribution is 2.21. The van der Waals surface area contributed by atoms with Crippen LogP contribution in [0, 0.1) is 5.82 Å². The summed E-state index contributed by atoms with van der Waals surface area (Å²) < 4.78 is 13.2. The predicted octanol–water partition coefficient (Wildman–Crippen LogP) is 3.65. The maximum Gasteiger partial charge on any atom is 0.253 e. The molecule has 0 fully saturated rings. The SMILES string of the molecule is C[C@H](Cc1cc(C(=O)N(C)C)cc(Cc2cnccn2)n1)c1ccc(F)cc1. The van der Waals surface area contributed by atoms with Crippen LogP contribution in [0.1, 0.15) is 45.8 Å². The second-order valence-electron chi connectivity index (χ2n) is 7.07. The first-order valence-corrected chi connectivity index (χ1v) is 9.14. The molecule has 0 unspecified atom stereocenters. The molecule has 0 aliphatic carbocycles. The number of pyridine rings is 1. The standard InChI is InChI=1S/C22H23FN4O/c1-15(16-4-6-18(23)7-5-16)10-19-11-17(22(28)27(2)3)12-20(26-19)13-21-14-24-8-9-25-21/h4-9,11-12,14-15H,10,13H2,1-3H3/t15-/m1/s1. The lowest BCUT2D eigenvalue weighted by atomic mass is 9.95. The minimum absolute atomic E-state index is 0.0709. The Kier molecular flexibility index (Phi) is 6.09. The summed E-state index contributed by atoms with van der Waals surface area (Å²) in [7, 11) is 3.46. The van der Waals surface area contributed by atoms with Crippen molar-refractivity contribution in [1.82, 2.24) is 19.9 Å². The van der Waals surface area contributed by atoms with Gasteiger partial charge in [0, 0.05) is 56.1 Å². The van der Waals surface area contributed by atoms with Crippen molar-refractivity contribution in [3.05, 3.63) is 89.0 Å². The number of rotatable bonds is 6. The Morgan fingerprint density at radius 1 is 1.07 bits per heavy atom. The molecule has 0 spiro atoms. The molecule has 3 rings (SSSR count). The summed E-state index contributed by atoms with van der Waals surface area (Å²) in [5, 5.41) is 0. The number of hydrogen-bond acceptors (Lipinski definition) is 4. The first-order chi connectivity index (χ1) is 13.4. The van der Waals surface area contributed by atoms with Crippen LogP contribution in [0.4, 0.5) is 4.39 Å². The number of hydrogen-bond donors (Lipinski definition) is 0. The van der Waals surface area contributed by atoms with E-state index in [9.17, 15) is 9.18 Å². The summed E-state index contributed by atoms with van der Waals surface area (Å²) in [6.45, 7) is 2.07. The molecule has 0 saturated carbocycles. The average Bonchev–Trinajstić information content (AvgIpc) is 2.68. The van der Waals surface area contributed by atoms with E-state index in [2.05, 4.69) is 16.9 Å². The van der Waals surface area contributed by atoms with Crippen molar-refractivity contribution in [2.75, 3.05) is 14.1 Å². The number of benzene rings is 1. The van der Waals surface area contributed by atoms with Crippen molar-refractivity contribution in [1.29, 1.82) is 0 Å². The molecule has 6 heteroatoms. The second-order valence-corrected chi connectivity index (χ2v) is 7.07. The molecule has 0 N–H and O–H groups in total. The van der Waals surface area contributed by atoms with Gasteiger partial charge in [-0.05, 0) is 42.2 Å². The Morgan fingerprint density at radius 3 is 2.43 bits per heavy atom. The summed E-state index contributed by atoms with van der Waals surface area (Å²) in [5.74, 6) is -0.181. The van der Waals surface area contributed by atoms with E-state index in [4.69, 9.17) is 4.98 Å². The molecule has 5 nitrogen and oxygen atoms in total. The number of carbonyl (C=O) groups is 1. The lowest BCUT2D eigenvalue weighted by Crippen LogP contribution is -2.22. The maximum absolute atomic E-state index is 13.2. The molecule has 28 heavy (non-hydrogen) atoms. The molecular weight excluding hydrogens is 355 g/mol. The highest BCUT2D eigenvalue weighted by atomic mass is 19.1. The molecule has 1 amide bonds.